The fourth-order valence-corrected chi connectivity index (χ4v) is 8.29. The van der Waals surface area contributed by atoms with Gasteiger partial charge in [0.1, 0.15) is 17.5 Å². The molecular formula is C31H24ClN3O7S2. The molecule has 2 N–H and O–H groups in total. The first kappa shape index (κ1) is 29.7. The number of thiazole rings is 1. The van der Waals surface area contributed by atoms with Crippen LogP contribution in [0.25, 0.3) is 0 Å². The maximum atomic E-state index is 14.0. The zero-order chi connectivity index (χ0) is 31.1. The van der Waals surface area contributed by atoms with Crippen LogP contribution in [-0.4, -0.2) is 45.2 Å². The van der Waals surface area contributed by atoms with Crippen molar-refractivity contribution in [2.45, 2.75) is 29.7 Å². The van der Waals surface area contributed by atoms with Gasteiger partial charge in [-0.1, -0.05) is 46.8 Å². The number of carbonyl (C=O) groups is 4. The number of esters is 1. The quantitative estimate of drug-likeness (QED) is 0.164. The number of hydrogen-bond acceptors (Lipinski definition) is 9. The highest BCUT2D eigenvalue weighted by Crippen LogP contribution is 2.54. The van der Waals surface area contributed by atoms with E-state index in [1.54, 1.807) is 31.2 Å². The van der Waals surface area contributed by atoms with E-state index in [9.17, 15) is 29.1 Å². The maximum Gasteiger partial charge on any atom is 0.338 e. The summed E-state index contributed by atoms with van der Waals surface area (Å²) < 4.78 is 6.36. The largest absolute Gasteiger partial charge is 0.508 e. The van der Waals surface area contributed by atoms with Gasteiger partial charge in [0.15, 0.2) is 0 Å². The summed E-state index contributed by atoms with van der Waals surface area (Å²) in [6.45, 7) is 1.60. The zero-order valence-electron chi connectivity index (χ0n) is 23.1. The molecular weight excluding hydrogens is 626 g/mol. The third-order valence-electron chi connectivity index (χ3n) is 7.37. The number of nitrogens with zero attached hydrogens (tertiary/aromatic N) is 2. The molecule has 3 heterocycles. The first-order valence-corrected chi connectivity index (χ1v) is 15.6. The summed E-state index contributed by atoms with van der Waals surface area (Å²) >= 11 is 8.20. The van der Waals surface area contributed by atoms with E-state index in [4.69, 9.17) is 16.3 Å². The van der Waals surface area contributed by atoms with Gasteiger partial charge < -0.3 is 15.2 Å². The SMILES string of the molecule is CCOC(=O)c1ccc(N2C(=O)C3Sc4c(sc(=O)n4CC(=O)Nc4ccc(O)cc4)C(c4ccc(Cl)cc4)C3C2=O)cc1. The molecule has 6 rings (SSSR count). The van der Waals surface area contributed by atoms with Crippen molar-refractivity contribution in [2.75, 3.05) is 16.8 Å². The number of halogens is 1. The van der Waals surface area contributed by atoms with Crippen molar-refractivity contribution in [3.8, 4) is 5.75 Å². The van der Waals surface area contributed by atoms with Crippen molar-refractivity contribution in [2.24, 2.45) is 5.92 Å². The average Bonchev–Trinajstić information content (AvgIpc) is 3.45. The Bertz CT molecular complexity index is 1840. The highest BCUT2D eigenvalue weighted by Gasteiger charge is 2.56. The molecule has 224 valence electrons. The summed E-state index contributed by atoms with van der Waals surface area (Å²) in [5, 5.41) is 12.3. The van der Waals surface area contributed by atoms with E-state index in [1.807, 2.05) is 0 Å². The lowest BCUT2D eigenvalue weighted by atomic mass is 9.83. The Morgan fingerprint density at radius 3 is 2.30 bits per heavy atom. The molecule has 2 aliphatic rings. The standard InChI is InChI=1S/C31H24ClN3O7S2/c1-2-42-30(40)17-5-11-20(12-6-17)35-27(38)24-23(16-3-7-18(32)8-4-16)26-29(43-25(24)28(35)39)34(31(41)44-26)15-22(37)33-19-9-13-21(36)14-10-19/h3-14,23-25,36H,2,15H2,1H3,(H,33,37). The summed E-state index contributed by atoms with van der Waals surface area (Å²) in [6, 6.07) is 18.9. The monoisotopic (exact) mass is 649 g/mol. The number of benzene rings is 3. The number of phenols is 1. The molecule has 44 heavy (non-hydrogen) atoms. The number of fused-ring (bicyclic) bond motifs is 2. The Morgan fingerprint density at radius 1 is 0.955 bits per heavy atom. The molecule has 1 fully saturated rings. The number of amides is 3. The maximum absolute atomic E-state index is 14.0. The third-order valence-corrected chi connectivity index (χ3v) is 10.2. The summed E-state index contributed by atoms with van der Waals surface area (Å²) in [7, 11) is 0. The molecule has 0 bridgehead atoms. The minimum Gasteiger partial charge on any atom is -0.508 e. The van der Waals surface area contributed by atoms with Gasteiger partial charge in [0, 0.05) is 21.5 Å². The summed E-state index contributed by atoms with van der Waals surface area (Å²) in [4.78, 5) is 67.7. The van der Waals surface area contributed by atoms with Gasteiger partial charge in [-0.15, -0.1) is 0 Å². The Labute approximate surface area is 264 Å². The molecule has 4 aromatic rings. The Hall–Kier alpha value is -4.39. The molecule has 3 unspecified atom stereocenters. The number of imide groups is 1. The molecule has 3 atom stereocenters. The van der Waals surface area contributed by atoms with Gasteiger partial charge in [0.25, 0.3) is 0 Å². The van der Waals surface area contributed by atoms with E-state index in [0.29, 0.717) is 31.9 Å². The minimum absolute atomic E-state index is 0.0464. The van der Waals surface area contributed by atoms with Crippen molar-refractivity contribution in [1.29, 1.82) is 0 Å². The molecule has 0 spiro atoms. The van der Waals surface area contributed by atoms with Gasteiger partial charge in [0.2, 0.25) is 17.7 Å². The van der Waals surface area contributed by atoms with Crippen LogP contribution in [0.4, 0.5) is 11.4 Å². The zero-order valence-corrected chi connectivity index (χ0v) is 25.4. The van der Waals surface area contributed by atoms with Crippen LogP contribution in [-0.2, 0) is 25.7 Å². The Balaban J connectivity index is 1.36. The van der Waals surface area contributed by atoms with E-state index < -0.39 is 45.6 Å². The van der Waals surface area contributed by atoms with E-state index >= 15 is 0 Å². The molecule has 1 saturated heterocycles. The van der Waals surface area contributed by atoms with Crippen molar-refractivity contribution in [3.05, 3.63) is 103 Å². The second-order valence-electron chi connectivity index (χ2n) is 10.1. The number of ether oxygens (including phenoxy) is 1. The van der Waals surface area contributed by atoms with Crippen LogP contribution in [0.3, 0.4) is 0 Å². The number of nitrogens with one attached hydrogen (secondary N) is 1. The molecule has 13 heteroatoms. The molecule has 1 aromatic heterocycles. The van der Waals surface area contributed by atoms with Gasteiger partial charge in [-0.2, -0.15) is 0 Å². The second-order valence-corrected chi connectivity index (χ2v) is 12.7. The number of phenolic OH excluding ortho intramolecular Hbond substituents is 1. The first-order chi connectivity index (χ1) is 21.2. The van der Waals surface area contributed by atoms with Crippen LogP contribution in [0, 0.1) is 5.92 Å². The number of rotatable bonds is 7. The summed E-state index contributed by atoms with van der Waals surface area (Å²) in [5.41, 5.74) is 1.75. The minimum atomic E-state index is -0.874. The van der Waals surface area contributed by atoms with E-state index in [1.165, 1.54) is 53.1 Å². The Morgan fingerprint density at radius 2 is 1.64 bits per heavy atom. The fourth-order valence-electron chi connectivity index (χ4n) is 5.39. The summed E-state index contributed by atoms with van der Waals surface area (Å²) in [5.74, 6) is -3.30. The van der Waals surface area contributed by atoms with Gasteiger partial charge in [-0.25, -0.2) is 9.69 Å². The van der Waals surface area contributed by atoms with Crippen LogP contribution in [0.15, 0.2) is 82.6 Å². The van der Waals surface area contributed by atoms with E-state index in [-0.39, 0.29) is 24.5 Å². The number of aromatic nitrogens is 1. The van der Waals surface area contributed by atoms with Gasteiger partial charge in [-0.05, 0) is 73.2 Å². The predicted molar refractivity (Wildman–Crippen MR) is 167 cm³/mol. The van der Waals surface area contributed by atoms with Crippen LogP contribution in [0.1, 0.15) is 33.6 Å². The summed E-state index contributed by atoms with van der Waals surface area (Å²) in [6.07, 6.45) is 0. The molecule has 3 amide bonds. The smallest absolute Gasteiger partial charge is 0.338 e. The van der Waals surface area contributed by atoms with Crippen LogP contribution < -0.4 is 15.1 Å². The van der Waals surface area contributed by atoms with Gasteiger partial charge >= 0.3 is 10.8 Å². The molecule has 3 aromatic carbocycles. The molecule has 0 radical (unpaired) electrons. The van der Waals surface area contributed by atoms with Crippen molar-refractivity contribution in [3.63, 3.8) is 0 Å². The van der Waals surface area contributed by atoms with Gasteiger partial charge in [0.05, 0.1) is 28.8 Å². The molecule has 2 aliphatic heterocycles. The molecule has 0 saturated carbocycles. The fraction of sp³-hybridized carbons (Fsp3) is 0.194. The Kier molecular flexibility index (Phi) is 8.06. The number of thioether (sulfide) groups is 1. The number of anilines is 2. The molecule has 0 aliphatic carbocycles. The third kappa shape index (κ3) is 5.40. The lowest BCUT2D eigenvalue weighted by molar-refractivity contribution is -0.122. The average molecular weight is 650 g/mol. The van der Waals surface area contributed by atoms with E-state index in [0.717, 1.165) is 28.0 Å². The lowest BCUT2D eigenvalue weighted by Crippen LogP contribution is -2.33. The van der Waals surface area contributed by atoms with Gasteiger partial charge in [-0.3, -0.25) is 23.7 Å². The van der Waals surface area contributed by atoms with Crippen LogP contribution >= 0.6 is 34.7 Å². The number of aromatic hydroxyl groups is 1. The van der Waals surface area contributed by atoms with Crippen molar-refractivity contribution in [1.82, 2.24) is 4.57 Å². The van der Waals surface area contributed by atoms with E-state index in [2.05, 4.69) is 5.32 Å². The predicted octanol–water partition coefficient (Wildman–Crippen LogP) is 4.88. The number of carbonyl (C=O) groups excluding carboxylic acids is 4. The van der Waals surface area contributed by atoms with Crippen molar-refractivity contribution >= 4 is 69.8 Å². The normalized spacial score (nSPS) is 19.0. The van der Waals surface area contributed by atoms with Crippen molar-refractivity contribution < 1.29 is 29.0 Å². The highest BCUT2D eigenvalue weighted by molar-refractivity contribution is 8.00. The highest BCUT2D eigenvalue weighted by atomic mass is 35.5. The second kappa shape index (κ2) is 11.9. The lowest BCUT2D eigenvalue weighted by Gasteiger charge is -2.30. The van der Waals surface area contributed by atoms with Crippen LogP contribution in [0.2, 0.25) is 5.02 Å². The van der Waals surface area contributed by atoms with Crippen LogP contribution in [0.5, 0.6) is 5.75 Å². The first-order valence-electron chi connectivity index (χ1n) is 13.6. The molecule has 10 nitrogen and oxygen atoms in total. The number of hydrogen-bond donors (Lipinski definition) is 2. The topological polar surface area (TPSA) is 135 Å².